The van der Waals surface area contributed by atoms with E-state index in [4.69, 9.17) is 23.2 Å². The van der Waals surface area contributed by atoms with Crippen LogP contribution in [0.25, 0.3) is 0 Å². The third-order valence-corrected chi connectivity index (χ3v) is 3.99. The van der Waals surface area contributed by atoms with E-state index in [2.05, 4.69) is 50.4 Å². The van der Waals surface area contributed by atoms with Crippen molar-refractivity contribution in [2.45, 2.75) is 33.2 Å². The Hall–Kier alpha value is -1.18. The molecule has 0 saturated heterocycles. The molecule has 0 saturated carbocycles. The molecule has 1 N–H and O–H groups in total. The molecule has 0 heterocycles. The summed E-state index contributed by atoms with van der Waals surface area (Å²) < 4.78 is 0. The van der Waals surface area contributed by atoms with Crippen molar-refractivity contribution in [3.63, 3.8) is 0 Å². The summed E-state index contributed by atoms with van der Waals surface area (Å²) in [4.78, 5) is 0. The zero-order chi connectivity index (χ0) is 15.4. The summed E-state index contributed by atoms with van der Waals surface area (Å²) in [5.74, 6) is 0.677. The first-order valence-electron chi connectivity index (χ1n) is 7.26. The quantitative estimate of drug-likeness (QED) is 0.675. The lowest BCUT2D eigenvalue weighted by atomic mass is 10.00. The molecule has 1 nitrogen and oxygen atoms in total. The SMILES string of the molecule is CC(C)Cc1ccc(C(C)Nc2cc(Cl)ccc2Cl)cc1. The average molecular weight is 322 g/mol. The maximum atomic E-state index is 6.19. The van der Waals surface area contributed by atoms with Crippen molar-refractivity contribution < 1.29 is 0 Å². The van der Waals surface area contributed by atoms with Gasteiger partial charge in [-0.2, -0.15) is 0 Å². The lowest BCUT2D eigenvalue weighted by Crippen LogP contribution is -2.07. The van der Waals surface area contributed by atoms with Crippen LogP contribution in [-0.4, -0.2) is 0 Å². The van der Waals surface area contributed by atoms with Gasteiger partial charge in [0.2, 0.25) is 0 Å². The van der Waals surface area contributed by atoms with Gasteiger partial charge in [-0.25, -0.2) is 0 Å². The molecule has 0 amide bonds. The van der Waals surface area contributed by atoms with Gasteiger partial charge in [-0.1, -0.05) is 61.3 Å². The molecule has 0 aliphatic heterocycles. The van der Waals surface area contributed by atoms with E-state index in [1.54, 1.807) is 6.07 Å². The molecule has 2 aromatic rings. The van der Waals surface area contributed by atoms with Gasteiger partial charge in [-0.3, -0.25) is 0 Å². The van der Waals surface area contributed by atoms with Crippen molar-refractivity contribution in [1.29, 1.82) is 0 Å². The summed E-state index contributed by atoms with van der Waals surface area (Å²) in [7, 11) is 0. The molecule has 0 bridgehead atoms. The van der Waals surface area contributed by atoms with Crippen LogP contribution in [0.4, 0.5) is 5.69 Å². The van der Waals surface area contributed by atoms with E-state index >= 15 is 0 Å². The predicted octanol–water partition coefficient (Wildman–Crippen LogP) is 6.37. The smallest absolute Gasteiger partial charge is 0.0638 e. The van der Waals surface area contributed by atoms with Crippen LogP contribution >= 0.6 is 23.2 Å². The minimum Gasteiger partial charge on any atom is -0.377 e. The average Bonchev–Trinajstić information content (AvgIpc) is 2.43. The van der Waals surface area contributed by atoms with Crippen molar-refractivity contribution in [2.75, 3.05) is 5.32 Å². The van der Waals surface area contributed by atoms with Crippen LogP contribution in [0.1, 0.15) is 37.9 Å². The molecule has 1 atom stereocenters. The molecule has 3 heteroatoms. The van der Waals surface area contributed by atoms with Gasteiger partial charge in [0.15, 0.2) is 0 Å². The van der Waals surface area contributed by atoms with Crippen LogP contribution in [0.3, 0.4) is 0 Å². The Balaban J connectivity index is 2.09. The number of halogens is 2. The van der Waals surface area contributed by atoms with E-state index in [-0.39, 0.29) is 6.04 Å². The molecule has 0 radical (unpaired) electrons. The number of rotatable bonds is 5. The predicted molar refractivity (Wildman–Crippen MR) is 93.5 cm³/mol. The summed E-state index contributed by atoms with van der Waals surface area (Å²) in [6.45, 7) is 6.59. The molecule has 0 spiro atoms. The third-order valence-electron chi connectivity index (χ3n) is 3.42. The fourth-order valence-corrected chi connectivity index (χ4v) is 2.68. The van der Waals surface area contributed by atoms with Crippen molar-refractivity contribution in [3.05, 3.63) is 63.6 Å². The van der Waals surface area contributed by atoms with Crippen LogP contribution in [-0.2, 0) is 6.42 Å². The summed E-state index contributed by atoms with van der Waals surface area (Å²) >= 11 is 12.2. The number of hydrogen-bond donors (Lipinski definition) is 1. The van der Waals surface area contributed by atoms with E-state index in [1.807, 2.05) is 12.1 Å². The van der Waals surface area contributed by atoms with Crippen molar-refractivity contribution in [1.82, 2.24) is 0 Å². The summed E-state index contributed by atoms with van der Waals surface area (Å²) in [5, 5.41) is 4.78. The van der Waals surface area contributed by atoms with Gasteiger partial charge in [0.1, 0.15) is 0 Å². The van der Waals surface area contributed by atoms with Crippen molar-refractivity contribution in [2.24, 2.45) is 5.92 Å². The first-order valence-corrected chi connectivity index (χ1v) is 8.01. The molecular weight excluding hydrogens is 301 g/mol. The minimum atomic E-state index is 0.175. The van der Waals surface area contributed by atoms with E-state index in [0.29, 0.717) is 16.0 Å². The van der Waals surface area contributed by atoms with Gasteiger partial charge in [0.25, 0.3) is 0 Å². The minimum absolute atomic E-state index is 0.175. The second-order valence-electron chi connectivity index (χ2n) is 5.83. The molecule has 2 rings (SSSR count). The van der Waals surface area contributed by atoms with Gasteiger partial charge >= 0.3 is 0 Å². The van der Waals surface area contributed by atoms with E-state index < -0.39 is 0 Å². The fraction of sp³-hybridized carbons (Fsp3) is 0.333. The molecular formula is C18H21Cl2N. The topological polar surface area (TPSA) is 12.0 Å². The summed E-state index contributed by atoms with van der Waals surface area (Å²) in [6, 6.07) is 14.4. The number of hydrogen-bond acceptors (Lipinski definition) is 1. The van der Waals surface area contributed by atoms with E-state index in [9.17, 15) is 0 Å². The van der Waals surface area contributed by atoms with Crippen LogP contribution in [0.5, 0.6) is 0 Å². The number of nitrogens with one attached hydrogen (secondary N) is 1. The Bertz CT molecular complexity index is 591. The van der Waals surface area contributed by atoms with E-state index in [0.717, 1.165) is 12.1 Å². The first-order chi connectivity index (χ1) is 9.95. The molecule has 1 unspecified atom stereocenters. The third kappa shape index (κ3) is 4.66. The number of benzene rings is 2. The highest BCUT2D eigenvalue weighted by molar-refractivity contribution is 6.35. The zero-order valence-electron chi connectivity index (χ0n) is 12.7. The highest BCUT2D eigenvalue weighted by Crippen LogP contribution is 2.29. The van der Waals surface area contributed by atoms with Crippen LogP contribution in [0.15, 0.2) is 42.5 Å². The maximum absolute atomic E-state index is 6.19. The number of anilines is 1. The Morgan fingerprint density at radius 2 is 1.62 bits per heavy atom. The zero-order valence-corrected chi connectivity index (χ0v) is 14.2. The maximum Gasteiger partial charge on any atom is 0.0638 e. The summed E-state index contributed by atoms with van der Waals surface area (Å²) in [5.41, 5.74) is 3.48. The Morgan fingerprint density at radius 3 is 2.24 bits per heavy atom. The van der Waals surface area contributed by atoms with Gasteiger partial charge in [0.05, 0.1) is 10.7 Å². The van der Waals surface area contributed by atoms with Crippen LogP contribution < -0.4 is 5.32 Å². The monoisotopic (exact) mass is 321 g/mol. The molecule has 2 aromatic carbocycles. The second kappa shape index (κ2) is 7.20. The molecule has 0 aliphatic rings. The molecule has 0 fully saturated rings. The normalized spacial score (nSPS) is 12.5. The fourth-order valence-electron chi connectivity index (χ4n) is 2.34. The molecule has 21 heavy (non-hydrogen) atoms. The Kier molecular flexibility index (Phi) is 5.55. The highest BCUT2D eigenvalue weighted by Gasteiger charge is 2.08. The van der Waals surface area contributed by atoms with Gasteiger partial charge in [0, 0.05) is 11.1 Å². The van der Waals surface area contributed by atoms with Gasteiger partial charge in [-0.05, 0) is 48.6 Å². The Labute approximate surface area is 137 Å². The molecule has 0 aromatic heterocycles. The van der Waals surface area contributed by atoms with Crippen LogP contribution in [0, 0.1) is 5.92 Å². The van der Waals surface area contributed by atoms with Gasteiger partial charge in [-0.15, -0.1) is 0 Å². The van der Waals surface area contributed by atoms with Crippen molar-refractivity contribution in [3.8, 4) is 0 Å². The lowest BCUT2D eigenvalue weighted by molar-refractivity contribution is 0.647. The largest absolute Gasteiger partial charge is 0.377 e. The van der Waals surface area contributed by atoms with Crippen LogP contribution in [0.2, 0.25) is 10.0 Å². The van der Waals surface area contributed by atoms with E-state index in [1.165, 1.54) is 11.1 Å². The standard InChI is InChI=1S/C18H21Cl2N/c1-12(2)10-14-4-6-15(7-5-14)13(3)21-18-11-16(19)8-9-17(18)20/h4-9,11-13,21H,10H2,1-3H3. The second-order valence-corrected chi connectivity index (χ2v) is 6.67. The van der Waals surface area contributed by atoms with Gasteiger partial charge < -0.3 is 5.32 Å². The van der Waals surface area contributed by atoms with Crippen molar-refractivity contribution >= 4 is 28.9 Å². The summed E-state index contributed by atoms with van der Waals surface area (Å²) in [6.07, 6.45) is 1.11. The first kappa shape index (κ1) is 16.2. The molecule has 0 aliphatic carbocycles. The lowest BCUT2D eigenvalue weighted by Gasteiger charge is -2.17. The Morgan fingerprint density at radius 1 is 0.952 bits per heavy atom. The highest BCUT2D eigenvalue weighted by atomic mass is 35.5. The molecule has 112 valence electrons.